The average molecular weight is 493 g/mol. The Bertz CT molecular complexity index is 1380. The van der Waals surface area contributed by atoms with Crippen molar-refractivity contribution in [3.05, 3.63) is 76.2 Å². The molecule has 12 heteroatoms. The fraction of sp³-hybridized carbons (Fsp3) is 0.227. The summed E-state index contributed by atoms with van der Waals surface area (Å²) in [5.41, 5.74) is 0.455. The number of para-hydroxylation sites is 1. The minimum Gasteiger partial charge on any atom is -0.449 e. The lowest BCUT2D eigenvalue weighted by molar-refractivity contribution is -0.123. The second-order valence-electron chi connectivity index (χ2n) is 7.30. The SMILES string of the molecule is Cc1c(NC(=O)C(C)OC(=O)c2ccc(S(=O)(=O)C(F)F)cc2)c(=O)n(-c2ccccc2)n1C. The summed E-state index contributed by atoms with van der Waals surface area (Å²) >= 11 is 0. The van der Waals surface area contributed by atoms with Crippen LogP contribution in [0.5, 0.6) is 0 Å². The largest absolute Gasteiger partial charge is 0.449 e. The van der Waals surface area contributed by atoms with Gasteiger partial charge in [0.05, 0.1) is 21.8 Å². The first kappa shape index (κ1) is 24.8. The zero-order valence-electron chi connectivity index (χ0n) is 18.4. The quantitative estimate of drug-likeness (QED) is 0.506. The zero-order chi connectivity index (χ0) is 25.2. The fourth-order valence-electron chi connectivity index (χ4n) is 3.10. The molecular formula is C22H21F2N3O6S. The smallest absolute Gasteiger partial charge is 0.341 e. The van der Waals surface area contributed by atoms with Gasteiger partial charge in [-0.3, -0.25) is 14.3 Å². The first-order chi connectivity index (χ1) is 15.9. The molecule has 0 saturated carbocycles. The van der Waals surface area contributed by atoms with Crippen molar-refractivity contribution in [2.24, 2.45) is 7.05 Å². The second-order valence-corrected chi connectivity index (χ2v) is 9.22. The minimum atomic E-state index is -4.80. The molecule has 0 aliphatic rings. The van der Waals surface area contributed by atoms with Crippen LogP contribution in [0.4, 0.5) is 14.5 Å². The second kappa shape index (κ2) is 9.59. The van der Waals surface area contributed by atoms with Crippen molar-refractivity contribution in [1.29, 1.82) is 0 Å². The van der Waals surface area contributed by atoms with Gasteiger partial charge in [0, 0.05) is 7.05 Å². The number of ether oxygens (including phenoxy) is 1. The molecule has 0 fully saturated rings. The van der Waals surface area contributed by atoms with Crippen molar-refractivity contribution in [3.8, 4) is 5.69 Å². The number of amides is 1. The summed E-state index contributed by atoms with van der Waals surface area (Å²) in [6.45, 7) is 2.93. The molecule has 9 nitrogen and oxygen atoms in total. The van der Waals surface area contributed by atoms with Crippen LogP contribution in [-0.2, 0) is 26.4 Å². The number of nitrogens with zero attached hydrogens (tertiary/aromatic N) is 2. The average Bonchev–Trinajstić information content (AvgIpc) is 3.02. The van der Waals surface area contributed by atoms with Crippen LogP contribution in [0.15, 0.2) is 64.3 Å². The molecular weight excluding hydrogens is 472 g/mol. The third-order valence-electron chi connectivity index (χ3n) is 5.11. The number of halogens is 2. The third kappa shape index (κ3) is 4.76. The number of esters is 1. The van der Waals surface area contributed by atoms with E-state index in [-0.39, 0.29) is 11.3 Å². The Hall–Kier alpha value is -3.80. The van der Waals surface area contributed by atoms with Crippen LogP contribution in [0.1, 0.15) is 23.0 Å². The molecule has 1 aromatic heterocycles. The number of alkyl halides is 2. The van der Waals surface area contributed by atoms with Crippen LogP contribution in [0.3, 0.4) is 0 Å². The molecule has 1 heterocycles. The van der Waals surface area contributed by atoms with E-state index in [1.54, 1.807) is 49.0 Å². The predicted molar refractivity (Wildman–Crippen MR) is 119 cm³/mol. The van der Waals surface area contributed by atoms with Gasteiger partial charge in [-0.15, -0.1) is 0 Å². The van der Waals surface area contributed by atoms with E-state index in [0.717, 1.165) is 24.3 Å². The minimum absolute atomic E-state index is 0.0146. The molecule has 3 aromatic rings. The van der Waals surface area contributed by atoms with Crippen molar-refractivity contribution < 1.29 is 31.5 Å². The van der Waals surface area contributed by atoms with E-state index >= 15 is 0 Å². The molecule has 0 aliphatic carbocycles. The van der Waals surface area contributed by atoms with Crippen LogP contribution >= 0.6 is 0 Å². The maximum absolute atomic E-state index is 12.9. The third-order valence-corrected chi connectivity index (χ3v) is 6.51. The lowest BCUT2D eigenvalue weighted by Crippen LogP contribution is -2.32. The normalized spacial score (nSPS) is 12.4. The van der Waals surface area contributed by atoms with E-state index < -0.39 is 44.0 Å². The first-order valence-electron chi connectivity index (χ1n) is 9.93. The van der Waals surface area contributed by atoms with Crippen molar-refractivity contribution in [2.75, 3.05) is 5.32 Å². The molecule has 0 radical (unpaired) electrons. The topological polar surface area (TPSA) is 116 Å². The van der Waals surface area contributed by atoms with E-state index in [9.17, 15) is 31.6 Å². The number of carbonyl (C=O) groups is 2. The lowest BCUT2D eigenvalue weighted by atomic mass is 10.2. The molecule has 34 heavy (non-hydrogen) atoms. The van der Waals surface area contributed by atoms with E-state index in [2.05, 4.69) is 5.32 Å². The number of nitrogens with one attached hydrogen (secondary N) is 1. The van der Waals surface area contributed by atoms with Gasteiger partial charge in [-0.05, 0) is 50.2 Å². The molecule has 3 rings (SSSR count). The molecule has 180 valence electrons. The lowest BCUT2D eigenvalue weighted by Gasteiger charge is -2.13. The summed E-state index contributed by atoms with van der Waals surface area (Å²) in [6.07, 6.45) is -1.32. The molecule has 0 saturated heterocycles. The molecule has 1 unspecified atom stereocenters. The summed E-state index contributed by atoms with van der Waals surface area (Å²) in [5.74, 6) is -5.34. The highest BCUT2D eigenvalue weighted by Gasteiger charge is 2.27. The molecule has 1 atom stereocenters. The Kier molecular flexibility index (Phi) is 7.01. The molecule has 2 aromatic carbocycles. The Balaban J connectivity index is 1.74. The Morgan fingerprint density at radius 3 is 2.18 bits per heavy atom. The molecule has 0 bridgehead atoms. The maximum atomic E-state index is 12.9. The van der Waals surface area contributed by atoms with Gasteiger partial charge in [-0.25, -0.2) is 17.9 Å². The monoisotopic (exact) mass is 493 g/mol. The zero-order valence-corrected chi connectivity index (χ0v) is 19.2. The van der Waals surface area contributed by atoms with E-state index in [4.69, 9.17) is 4.74 Å². The van der Waals surface area contributed by atoms with E-state index in [0.29, 0.717) is 11.4 Å². The van der Waals surface area contributed by atoms with Crippen molar-refractivity contribution >= 4 is 27.4 Å². The summed E-state index contributed by atoms with van der Waals surface area (Å²) in [7, 11) is -3.15. The number of hydrogen-bond acceptors (Lipinski definition) is 6. The van der Waals surface area contributed by atoms with E-state index in [1.807, 2.05) is 0 Å². The van der Waals surface area contributed by atoms with Crippen LogP contribution in [0.2, 0.25) is 0 Å². The highest BCUT2D eigenvalue weighted by molar-refractivity contribution is 7.91. The number of anilines is 1. The van der Waals surface area contributed by atoms with Crippen LogP contribution in [-0.4, -0.2) is 41.5 Å². The number of benzene rings is 2. The predicted octanol–water partition coefficient (Wildman–Crippen LogP) is 2.66. The van der Waals surface area contributed by atoms with E-state index in [1.165, 1.54) is 11.6 Å². The number of rotatable bonds is 7. The number of carbonyl (C=O) groups excluding carboxylic acids is 2. The van der Waals surface area contributed by atoms with Crippen molar-refractivity contribution in [3.63, 3.8) is 0 Å². The molecule has 0 aliphatic heterocycles. The molecule has 1 N–H and O–H groups in total. The van der Waals surface area contributed by atoms with Gasteiger partial charge in [0.1, 0.15) is 5.69 Å². The van der Waals surface area contributed by atoms with Gasteiger partial charge in [0.2, 0.25) is 9.84 Å². The van der Waals surface area contributed by atoms with Gasteiger partial charge in [0.25, 0.3) is 11.5 Å². The van der Waals surface area contributed by atoms with Crippen molar-refractivity contribution in [2.45, 2.75) is 30.6 Å². The van der Waals surface area contributed by atoms with Crippen LogP contribution in [0.25, 0.3) is 5.69 Å². The van der Waals surface area contributed by atoms with Crippen molar-refractivity contribution in [1.82, 2.24) is 9.36 Å². The fourth-order valence-corrected chi connectivity index (χ4v) is 3.82. The highest BCUT2D eigenvalue weighted by Crippen LogP contribution is 2.19. The van der Waals surface area contributed by atoms with Gasteiger partial charge >= 0.3 is 11.7 Å². The highest BCUT2D eigenvalue weighted by atomic mass is 32.2. The Labute approximate surface area is 193 Å². The standard InChI is InChI=1S/C22H21F2N3O6S/c1-13-18(20(29)27(26(13)3)16-7-5-4-6-8-16)25-19(28)14(2)33-21(30)15-9-11-17(12-10-15)34(31,32)22(23)24/h4-12,14,22H,1-3H3,(H,25,28). The Morgan fingerprint density at radius 1 is 1.03 bits per heavy atom. The van der Waals surface area contributed by atoms with Gasteiger partial charge in [-0.1, -0.05) is 18.2 Å². The summed E-state index contributed by atoms with van der Waals surface area (Å²) in [4.78, 5) is 37.1. The maximum Gasteiger partial charge on any atom is 0.341 e. The first-order valence-corrected chi connectivity index (χ1v) is 11.5. The summed E-state index contributed by atoms with van der Waals surface area (Å²) in [6, 6.07) is 12.5. The van der Waals surface area contributed by atoms with Gasteiger partial charge in [0.15, 0.2) is 6.10 Å². The number of hydrogen-bond donors (Lipinski definition) is 1. The van der Waals surface area contributed by atoms with Crippen LogP contribution in [0, 0.1) is 6.92 Å². The van der Waals surface area contributed by atoms with Crippen LogP contribution < -0.4 is 10.9 Å². The number of sulfone groups is 1. The Morgan fingerprint density at radius 2 is 1.62 bits per heavy atom. The number of aromatic nitrogens is 2. The summed E-state index contributed by atoms with van der Waals surface area (Å²) < 4.78 is 56.2. The molecule has 0 spiro atoms. The summed E-state index contributed by atoms with van der Waals surface area (Å²) in [5, 5.41) is 2.47. The van der Waals surface area contributed by atoms with Gasteiger partial charge in [-0.2, -0.15) is 8.78 Å². The molecule has 1 amide bonds. The van der Waals surface area contributed by atoms with Gasteiger partial charge < -0.3 is 10.1 Å².